The van der Waals surface area contributed by atoms with Crippen LogP contribution >= 0.6 is 0 Å². The summed E-state index contributed by atoms with van der Waals surface area (Å²) in [5.41, 5.74) is 7.50. The van der Waals surface area contributed by atoms with E-state index in [9.17, 15) is 29.1 Å². The molecule has 0 unspecified atom stereocenters. The minimum atomic E-state index is -1.01. The van der Waals surface area contributed by atoms with E-state index in [0.29, 0.717) is 13.0 Å². The summed E-state index contributed by atoms with van der Waals surface area (Å²) in [7, 11) is 0. The van der Waals surface area contributed by atoms with Gasteiger partial charge in [0, 0.05) is 13.0 Å². The second-order valence-corrected chi connectivity index (χ2v) is 13.2. The van der Waals surface area contributed by atoms with Crippen molar-refractivity contribution in [1.29, 1.82) is 0 Å². The topological polar surface area (TPSA) is 192 Å². The van der Waals surface area contributed by atoms with Crippen LogP contribution in [0.2, 0.25) is 0 Å². The monoisotopic (exact) mass is 694 g/mol. The fraction of sp³-hybridized carbons (Fsp3) is 0.553. The van der Waals surface area contributed by atoms with E-state index in [4.69, 9.17) is 5.73 Å². The number of phenolic OH excluding ortho intramolecular Hbond substituents is 1. The van der Waals surface area contributed by atoms with Crippen molar-refractivity contribution in [2.24, 2.45) is 11.7 Å². The summed E-state index contributed by atoms with van der Waals surface area (Å²) >= 11 is 0. The van der Waals surface area contributed by atoms with Gasteiger partial charge in [0.05, 0.1) is 19.1 Å². The normalized spacial score (nSPS) is 12.7. The van der Waals surface area contributed by atoms with Gasteiger partial charge < -0.3 is 37.4 Å². The number of carbonyl (C=O) groups is 5. The van der Waals surface area contributed by atoms with E-state index in [2.05, 4.69) is 33.5 Å². The predicted octanol–water partition coefficient (Wildman–Crippen LogP) is 3.01. The van der Waals surface area contributed by atoms with Crippen molar-refractivity contribution in [3.63, 3.8) is 0 Å². The Bertz CT molecular complexity index is 1320. The third-order valence-electron chi connectivity index (χ3n) is 8.20. The molecule has 12 nitrogen and oxygen atoms in total. The highest BCUT2D eigenvalue weighted by atomic mass is 16.3. The first-order valence-electron chi connectivity index (χ1n) is 18.0. The van der Waals surface area contributed by atoms with Crippen LogP contribution in [-0.2, 0) is 36.8 Å². The number of hydrogen-bond acceptors (Lipinski definition) is 7. The Kier molecular flexibility index (Phi) is 19.9. The van der Waals surface area contributed by atoms with Gasteiger partial charge in [-0.15, -0.1) is 0 Å². The quantitative estimate of drug-likeness (QED) is 0.0822. The molecule has 276 valence electrons. The first-order valence-corrected chi connectivity index (χ1v) is 18.0. The first kappa shape index (κ1) is 41.7. The predicted molar refractivity (Wildman–Crippen MR) is 195 cm³/mol. The van der Waals surface area contributed by atoms with E-state index >= 15 is 0 Å². The van der Waals surface area contributed by atoms with Crippen molar-refractivity contribution in [3.05, 3.63) is 65.7 Å². The van der Waals surface area contributed by atoms with E-state index in [-0.39, 0.29) is 30.4 Å². The van der Waals surface area contributed by atoms with Crippen LogP contribution in [-0.4, -0.2) is 72.4 Å². The molecule has 0 aliphatic rings. The lowest BCUT2D eigenvalue weighted by atomic mass is 10.0. The molecule has 0 radical (unpaired) electrons. The van der Waals surface area contributed by atoms with Gasteiger partial charge in [0.15, 0.2) is 0 Å². The van der Waals surface area contributed by atoms with Gasteiger partial charge in [-0.25, -0.2) is 0 Å². The Morgan fingerprint density at radius 2 is 1.24 bits per heavy atom. The van der Waals surface area contributed by atoms with Crippen LogP contribution in [0.5, 0.6) is 5.75 Å². The Balaban J connectivity index is 1.89. The zero-order chi connectivity index (χ0) is 36.7. The fourth-order valence-electron chi connectivity index (χ4n) is 5.39. The molecule has 5 amide bonds. The number of phenols is 1. The Hall–Kier alpha value is -4.45. The van der Waals surface area contributed by atoms with E-state index in [0.717, 1.165) is 30.4 Å². The van der Waals surface area contributed by atoms with Gasteiger partial charge in [-0.3, -0.25) is 24.0 Å². The number of nitrogens with one attached hydrogen (secondary N) is 5. The van der Waals surface area contributed by atoms with Crippen LogP contribution in [0.25, 0.3) is 0 Å². The largest absolute Gasteiger partial charge is 0.508 e. The maximum absolute atomic E-state index is 13.6. The van der Waals surface area contributed by atoms with Crippen LogP contribution in [0.15, 0.2) is 54.6 Å². The summed E-state index contributed by atoms with van der Waals surface area (Å²) in [6.45, 7) is 5.86. The molecule has 12 heteroatoms. The van der Waals surface area contributed by atoms with E-state index in [1.54, 1.807) is 12.1 Å². The van der Waals surface area contributed by atoms with E-state index in [1.807, 2.05) is 44.2 Å². The van der Waals surface area contributed by atoms with Crippen LogP contribution in [0.1, 0.15) is 89.7 Å². The van der Waals surface area contributed by atoms with Gasteiger partial charge in [-0.1, -0.05) is 108 Å². The standard InChI is InChI=1S/C38H58N6O6/c1-4-5-6-7-8-9-10-14-21-40-37(49)32(22-27(2)3)44-38(50)33(24-28-15-12-11-13-16-28)43-35(47)26-41-34(46)25-42-36(48)31(39)23-29-17-19-30(45)20-18-29/h11-13,15-20,27,31-33,45H,4-10,14,21-26,39H2,1-3H3,(H,40,49)(H,41,46)(H,42,48)(H,43,47)(H,44,50)/t31-,32-,33-/m0/s1. The molecule has 0 bridgehead atoms. The molecule has 0 saturated carbocycles. The zero-order valence-electron chi connectivity index (χ0n) is 30.0. The highest BCUT2D eigenvalue weighted by Crippen LogP contribution is 2.12. The Morgan fingerprint density at radius 3 is 1.88 bits per heavy atom. The Morgan fingerprint density at radius 1 is 0.640 bits per heavy atom. The minimum Gasteiger partial charge on any atom is -0.508 e. The third kappa shape index (κ3) is 17.8. The molecule has 0 aliphatic heterocycles. The molecular weight excluding hydrogens is 636 g/mol. The van der Waals surface area contributed by atoms with Gasteiger partial charge in [-0.2, -0.15) is 0 Å². The van der Waals surface area contributed by atoms with Crippen molar-refractivity contribution < 1.29 is 29.1 Å². The van der Waals surface area contributed by atoms with Crippen LogP contribution < -0.4 is 32.3 Å². The van der Waals surface area contributed by atoms with Crippen molar-refractivity contribution in [1.82, 2.24) is 26.6 Å². The molecule has 3 atom stereocenters. The van der Waals surface area contributed by atoms with Gasteiger partial charge >= 0.3 is 0 Å². The number of amides is 5. The van der Waals surface area contributed by atoms with Gasteiger partial charge in [-0.05, 0) is 48.4 Å². The van der Waals surface area contributed by atoms with Gasteiger partial charge in [0.25, 0.3) is 0 Å². The maximum Gasteiger partial charge on any atom is 0.243 e. The lowest BCUT2D eigenvalue weighted by Crippen LogP contribution is -2.56. The second-order valence-electron chi connectivity index (χ2n) is 13.2. The molecule has 50 heavy (non-hydrogen) atoms. The number of unbranched alkanes of at least 4 members (excludes halogenated alkanes) is 7. The lowest BCUT2D eigenvalue weighted by Gasteiger charge is -2.24. The third-order valence-corrected chi connectivity index (χ3v) is 8.20. The van der Waals surface area contributed by atoms with Crippen LogP contribution in [0, 0.1) is 5.92 Å². The average Bonchev–Trinajstić information content (AvgIpc) is 3.09. The molecular formula is C38H58N6O6. The molecule has 0 aromatic heterocycles. The molecule has 0 spiro atoms. The van der Waals surface area contributed by atoms with Crippen molar-refractivity contribution in [2.45, 2.75) is 110 Å². The van der Waals surface area contributed by atoms with Crippen LogP contribution in [0.3, 0.4) is 0 Å². The van der Waals surface area contributed by atoms with Gasteiger partial charge in [0.2, 0.25) is 29.5 Å². The van der Waals surface area contributed by atoms with Crippen molar-refractivity contribution in [3.8, 4) is 5.75 Å². The number of nitrogens with two attached hydrogens (primary N) is 1. The summed E-state index contributed by atoms with van der Waals surface area (Å²) < 4.78 is 0. The van der Waals surface area contributed by atoms with E-state index in [1.165, 1.54) is 44.2 Å². The molecule has 8 N–H and O–H groups in total. The molecule has 0 fully saturated rings. The molecule has 2 aromatic rings. The molecule has 0 heterocycles. The first-order chi connectivity index (χ1) is 24.0. The number of hydrogen-bond donors (Lipinski definition) is 7. The van der Waals surface area contributed by atoms with Crippen LogP contribution in [0.4, 0.5) is 0 Å². The molecule has 0 saturated heterocycles. The lowest BCUT2D eigenvalue weighted by molar-refractivity contribution is -0.132. The second kappa shape index (κ2) is 23.8. The van der Waals surface area contributed by atoms with Crippen molar-refractivity contribution in [2.75, 3.05) is 19.6 Å². The summed E-state index contributed by atoms with van der Waals surface area (Å²) in [5, 5.41) is 22.8. The highest BCUT2D eigenvalue weighted by Gasteiger charge is 2.28. The van der Waals surface area contributed by atoms with Gasteiger partial charge in [0.1, 0.15) is 17.8 Å². The van der Waals surface area contributed by atoms with Crippen molar-refractivity contribution >= 4 is 29.5 Å². The smallest absolute Gasteiger partial charge is 0.243 e. The molecule has 2 aromatic carbocycles. The summed E-state index contributed by atoms with van der Waals surface area (Å²) in [5.74, 6) is -2.29. The minimum absolute atomic E-state index is 0.0989. The summed E-state index contributed by atoms with van der Waals surface area (Å²) in [6.07, 6.45) is 10.1. The average molecular weight is 695 g/mol. The Labute approximate surface area is 297 Å². The molecule has 0 aliphatic carbocycles. The molecule has 2 rings (SSSR count). The maximum atomic E-state index is 13.6. The van der Waals surface area contributed by atoms with E-state index < -0.39 is 54.8 Å². The SMILES string of the molecule is CCCCCCCCCCNC(=O)[C@H](CC(C)C)NC(=O)[C@H](Cc1ccccc1)NC(=O)CNC(=O)CNC(=O)[C@@H](N)Cc1ccc(O)cc1. The summed E-state index contributed by atoms with van der Waals surface area (Å²) in [4.78, 5) is 64.4. The number of rotatable bonds is 24. The fourth-order valence-corrected chi connectivity index (χ4v) is 5.39. The number of carbonyl (C=O) groups excluding carboxylic acids is 5. The zero-order valence-corrected chi connectivity index (χ0v) is 30.0. The number of benzene rings is 2. The number of aromatic hydroxyl groups is 1. The summed E-state index contributed by atoms with van der Waals surface area (Å²) in [6, 6.07) is 12.8. The highest BCUT2D eigenvalue weighted by molar-refractivity contribution is 5.94.